The van der Waals surface area contributed by atoms with Crippen LogP contribution in [-0.4, -0.2) is 24.0 Å². The third-order valence-corrected chi connectivity index (χ3v) is 3.93. The molecule has 1 aliphatic heterocycles. The Morgan fingerprint density at radius 3 is 3.29 bits per heavy atom. The van der Waals surface area contributed by atoms with Gasteiger partial charge in [-0.25, -0.2) is 0 Å². The summed E-state index contributed by atoms with van der Waals surface area (Å²) in [6, 6.07) is 2.60. The van der Waals surface area contributed by atoms with Crippen molar-refractivity contribution in [2.75, 3.05) is 13.1 Å². The molecule has 0 spiro atoms. The molecule has 2 nitrogen and oxygen atoms in total. The van der Waals surface area contributed by atoms with E-state index in [1.165, 1.54) is 18.5 Å². The first kappa shape index (κ1) is 10.1. The van der Waals surface area contributed by atoms with Gasteiger partial charge in [-0.3, -0.25) is 4.90 Å². The van der Waals surface area contributed by atoms with Gasteiger partial charge in [0.2, 0.25) is 0 Å². The molecule has 2 heterocycles. The predicted molar refractivity (Wildman–Crippen MR) is 61.6 cm³/mol. The predicted octanol–water partition coefficient (Wildman–Crippen LogP) is 1.84. The SMILES string of the molecule is CCC(N)CN1CCc2sccc2C1. The van der Waals surface area contributed by atoms with Gasteiger partial charge in [0.25, 0.3) is 0 Å². The second kappa shape index (κ2) is 4.43. The lowest BCUT2D eigenvalue weighted by Gasteiger charge is -2.28. The Balaban J connectivity index is 1.94. The zero-order chi connectivity index (χ0) is 9.97. The minimum Gasteiger partial charge on any atom is -0.327 e. The van der Waals surface area contributed by atoms with Crippen molar-refractivity contribution in [1.29, 1.82) is 0 Å². The van der Waals surface area contributed by atoms with Gasteiger partial charge in [-0.1, -0.05) is 6.92 Å². The lowest BCUT2D eigenvalue weighted by Crippen LogP contribution is -2.39. The van der Waals surface area contributed by atoms with Crippen LogP contribution in [0, 0.1) is 0 Å². The molecular weight excluding hydrogens is 192 g/mol. The highest BCUT2D eigenvalue weighted by Crippen LogP contribution is 2.23. The van der Waals surface area contributed by atoms with E-state index in [-0.39, 0.29) is 0 Å². The maximum absolute atomic E-state index is 5.96. The summed E-state index contributed by atoms with van der Waals surface area (Å²) in [4.78, 5) is 4.05. The van der Waals surface area contributed by atoms with E-state index >= 15 is 0 Å². The van der Waals surface area contributed by atoms with Crippen molar-refractivity contribution in [1.82, 2.24) is 4.90 Å². The summed E-state index contributed by atoms with van der Waals surface area (Å²) in [5.41, 5.74) is 7.48. The maximum Gasteiger partial charge on any atom is 0.0245 e. The van der Waals surface area contributed by atoms with E-state index in [1.807, 2.05) is 11.3 Å². The summed E-state index contributed by atoms with van der Waals surface area (Å²) in [7, 11) is 0. The van der Waals surface area contributed by atoms with Gasteiger partial charge in [0, 0.05) is 30.6 Å². The number of nitrogens with zero attached hydrogens (tertiary/aromatic N) is 1. The largest absolute Gasteiger partial charge is 0.327 e. The number of hydrogen-bond acceptors (Lipinski definition) is 3. The Bertz CT molecular complexity index is 295. The van der Waals surface area contributed by atoms with Crippen molar-refractivity contribution in [3.63, 3.8) is 0 Å². The Morgan fingerprint density at radius 2 is 2.50 bits per heavy atom. The highest BCUT2D eigenvalue weighted by Gasteiger charge is 2.17. The molecular formula is C11H18N2S. The molecule has 1 atom stereocenters. The molecule has 1 aliphatic rings. The summed E-state index contributed by atoms with van der Waals surface area (Å²) in [6.07, 6.45) is 2.29. The normalized spacial score (nSPS) is 19.3. The highest BCUT2D eigenvalue weighted by atomic mass is 32.1. The first-order valence-corrected chi connectivity index (χ1v) is 6.20. The summed E-state index contributed by atoms with van der Waals surface area (Å²) in [5, 5.41) is 2.20. The van der Waals surface area contributed by atoms with Gasteiger partial charge in [0.1, 0.15) is 0 Å². The van der Waals surface area contributed by atoms with E-state index in [1.54, 1.807) is 4.88 Å². The Labute approximate surface area is 89.7 Å². The number of rotatable bonds is 3. The van der Waals surface area contributed by atoms with E-state index in [2.05, 4.69) is 23.3 Å². The van der Waals surface area contributed by atoms with Crippen molar-refractivity contribution in [3.05, 3.63) is 21.9 Å². The topological polar surface area (TPSA) is 29.3 Å². The van der Waals surface area contributed by atoms with Gasteiger partial charge in [0.05, 0.1) is 0 Å². The van der Waals surface area contributed by atoms with Gasteiger partial charge in [-0.2, -0.15) is 0 Å². The smallest absolute Gasteiger partial charge is 0.0245 e. The monoisotopic (exact) mass is 210 g/mol. The summed E-state index contributed by atoms with van der Waals surface area (Å²) in [6.45, 7) is 5.49. The number of hydrogen-bond donors (Lipinski definition) is 1. The van der Waals surface area contributed by atoms with Crippen LogP contribution in [0.3, 0.4) is 0 Å². The zero-order valence-corrected chi connectivity index (χ0v) is 9.52. The van der Waals surface area contributed by atoms with Crippen LogP contribution in [0.15, 0.2) is 11.4 Å². The maximum atomic E-state index is 5.96. The van der Waals surface area contributed by atoms with Gasteiger partial charge < -0.3 is 5.73 Å². The molecule has 0 saturated carbocycles. The van der Waals surface area contributed by atoms with Crippen LogP contribution < -0.4 is 5.73 Å². The zero-order valence-electron chi connectivity index (χ0n) is 8.70. The van der Waals surface area contributed by atoms with E-state index in [0.29, 0.717) is 6.04 Å². The van der Waals surface area contributed by atoms with Crippen molar-refractivity contribution in [3.8, 4) is 0 Å². The fraction of sp³-hybridized carbons (Fsp3) is 0.636. The lowest BCUT2D eigenvalue weighted by atomic mass is 10.1. The van der Waals surface area contributed by atoms with E-state index in [9.17, 15) is 0 Å². The molecule has 0 fully saturated rings. The van der Waals surface area contributed by atoms with Gasteiger partial charge in [-0.05, 0) is 29.9 Å². The third kappa shape index (κ3) is 2.16. The average molecular weight is 210 g/mol. The van der Waals surface area contributed by atoms with Crippen molar-refractivity contribution in [2.45, 2.75) is 32.4 Å². The van der Waals surface area contributed by atoms with Crippen molar-refractivity contribution >= 4 is 11.3 Å². The molecule has 0 saturated heterocycles. The van der Waals surface area contributed by atoms with Crippen LogP contribution in [0.25, 0.3) is 0 Å². The molecule has 2 rings (SSSR count). The molecule has 1 aromatic rings. The number of fused-ring (bicyclic) bond motifs is 1. The molecule has 0 amide bonds. The molecule has 1 aromatic heterocycles. The first-order chi connectivity index (χ1) is 6.79. The number of thiophene rings is 1. The second-order valence-corrected chi connectivity index (χ2v) is 5.02. The summed E-state index contributed by atoms with van der Waals surface area (Å²) < 4.78 is 0. The van der Waals surface area contributed by atoms with Crippen LogP contribution in [0.5, 0.6) is 0 Å². The number of nitrogens with two attached hydrogens (primary N) is 1. The van der Waals surface area contributed by atoms with Gasteiger partial charge in [0.15, 0.2) is 0 Å². The van der Waals surface area contributed by atoms with Crippen molar-refractivity contribution in [2.24, 2.45) is 5.73 Å². The lowest BCUT2D eigenvalue weighted by molar-refractivity contribution is 0.238. The molecule has 2 N–H and O–H groups in total. The van der Waals surface area contributed by atoms with E-state index in [4.69, 9.17) is 5.73 Å². The van der Waals surface area contributed by atoms with Crippen LogP contribution >= 0.6 is 11.3 Å². The summed E-state index contributed by atoms with van der Waals surface area (Å²) in [5.74, 6) is 0. The third-order valence-electron chi connectivity index (χ3n) is 2.90. The summed E-state index contributed by atoms with van der Waals surface area (Å²) >= 11 is 1.89. The van der Waals surface area contributed by atoms with E-state index in [0.717, 1.165) is 19.5 Å². The Morgan fingerprint density at radius 1 is 1.64 bits per heavy atom. The molecule has 14 heavy (non-hydrogen) atoms. The quantitative estimate of drug-likeness (QED) is 0.825. The Kier molecular flexibility index (Phi) is 3.21. The molecule has 1 unspecified atom stereocenters. The fourth-order valence-corrected chi connectivity index (χ4v) is 2.81. The molecule has 78 valence electrons. The van der Waals surface area contributed by atoms with Crippen LogP contribution in [0.1, 0.15) is 23.8 Å². The van der Waals surface area contributed by atoms with Crippen molar-refractivity contribution < 1.29 is 0 Å². The molecule has 0 radical (unpaired) electrons. The van der Waals surface area contributed by atoms with Gasteiger partial charge in [-0.15, -0.1) is 11.3 Å². The molecule has 0 bridgehead atoms. The van der Waals surface area contributed by atoms with Crippen LogP contribution in [-0.2, 0) is 13.0 Å². The van der Waals surface area contributed by atoms with Crippen LogP contribution in [0.2, 0.25) is 0 Å². The highest BCUT2D eigenvalue weighted by molar-refractivity contribution is 7.10. The molecule has 0 aromatic carbocycles. The standard InChI is InChI=1S/C11H18N2S/c1-2-10(12)8-13-5-3-11-9(7-13)4-6-14-11/h4,6,10H,2-3,5,7-8,12H2,1H3. The average Bonchev–Trinajstić information content (AvgIpc) is 2.64. The van der Waals surface area contributed by atoms with Gasteiger partial charge >= 0.3 is 0 Å². The Hall–Kier alpha value is -0.380. The second-order valence-electron chi connectivity index (χ2n) is 4.02. The minimum absolute atomic E-state index is 0.343. The molecule has 3 heteroatoms. The minimum atomic E-state index is 0.343. The fourth-order valence-electron chi connectivity index (χ4n) is 1.92. The molecule has 0 aliphatic carbocycles. The van der Waals surface area contributed by atoms with E-state index < -0.39 is 0 Å². The first-order valence-electron chi connectivity index (χ1n) is 5.32. The van der Waals surface area contributed by atoms with Crippen LogP contribution in [0.4, 0.5) is 0 Å².